The first kappa shape index (κ1) is 11.3. The van der Waals surface area contributed by atoms with Crippen molar-refractivity contribution in [3.8, 4) is 0 Å². The Kier molecular flexibility index (Phi) is 5.51. The van der Waals surface area contributed by atoms with Crippen molar-refractivity contribution < 1.29 is 9.53 Å². The molecule has 3 heteroatoms. The fraction of sp³-hybridized carbons (Fsp3) is 0.889. The van der Waals surface area contributed by atoms with Crippen molar-refractivity contribution in [2.75, 3.05) is 7.11 Å². The van der Waals surface area contributed by atoms with Crippen molar-refractivity contribution in [1.82, 2.24) is 5.32 Å². The van der Waals surface area contributed by atoms with Crippen molar-refractivity contribution in [3.63, 3.8) is 0 Å². The molecule has 0 fully saturated rings. The van der Waals surface area contributed by atoms with Gasteiger partial charge in [0.15, 0.2) is 0 Å². The van der Waals surface area contributed by atoms with Gasteiger partial charge in [-0.25, -0.2) is 4.79 Å². The molecule has 0 radical (unpaired) electrons. The third-order valence-electron chi connectivity index (χ3n) is 2.29. The van der Waals surface area contributed by atoms with E-state index >= 15 is 0 Å². The molecule has 0 rings (SSSR count). The van der Waals surface area contributed by atoms with Crippen LogP contribution in [-0.2, 0) is 4.74 Å². The average molecular weight is 173 g/mol. The highest BCUT2D eigenvalue weighted by atomic mass is 16.5. The lowest BCUT2D eigenvalue weighted by atomic mass is 9.96. The summed E-state index contributed by atoms with van der Waals surface area (Å²) in [6.07, 6.45) is 1.83. The van der Waals surface area contributed by atoms with E-state index in [0.717, 1.165) is 12.8 Å². The number of nitrogens with one attached hydrogen (secondary N) is 1. The van der Waals surface area contributed by atoms with E-state index in [0.29, 0.717) is 5.92 Å². The average Bonchev–Trinajstić information content (AvgIpc) is 2.06. The van der Waals surface area contributed by atoms with E-state index in [-0.39, 0.29) is 12.1 Å². The van der Waals surface area contributed by atoms with Crippen LogP contribution in [0.4, 0.5) is 4.79 Å². The third-order valence-corrected chi connectivity index (χ3v) is 2.29. The molecule has 3 nitrogen and oxygen atoms in total. The van der Waals surface area contributed by atoms with Gasteiger partial charge in [0.25, 0.3) is 0 Å². The van der Waals surface area contributed by atoms with Crippen molar-refractivity contribution in [3.05, 3.63) is 0 Å². The maximum absolute atomic E-state index is 10.8. The second kappa shape index (κ2) is 5.86. The molecule has 0 aliphatic carbocycles. The summed E-state index contributed by atoms with van der Waals surface area (Å²) in [6, 6.07) is 0.201. The Bertz CT molecular complexity index is 132. The number of carbonyl (C=O) groups excluding carboxylic acids is 1. The molecule has 0 aliphatic rings. The Labute approximate surface area is 74.5 Å². The molecule has 1 unspecified atom stereocenters. The second-order valence-electron chi connectivity index (χ2n) is 3.00. The normalized spacial score (nSPS) is 12.8. The van der Waals surface area contributed by atoms with Gasteiger partial charge >= 0.3 is 6.09 Å². The van der Waals surface area contributed by atoms with E-state index in [4.69, 9.17) is 0 Å². The summed E-state index contributed by atoms with van der Waals surface area (Å²) in [6.45, 7) is 6.27. The van der Waals surface area contributed by atoms with E-state index < -0.39 is 0 Å². The molecule has 12 heavy (non-hydrogen) atoms. The molecule has 0 saturated heterocycles. The number of hydrogen-bond acceptors (Lipinski definition) is 2. The predicted molar refractivity (Wildman–Crippen MR) is 49.1 cm³/mol. The van der Waals surface area contributed by atoms with Gasteiger partial charge in [-0.05, 0) is 12.8 Å². The highest BCUT2D eigenvalue weighted by Gasteiger charge is 2.15. The van der Waals surface area contributed by atoms with Crippen LogP contribution in [0.1, 0.15) is 33.6 Å². The van der Waals surface area contributed by atoms with Gasteiger partial charge in [0.05, 0.1) is 7.11 Å². The molecule has 0 saturated carbocycles. The molecule has 0 aromatic heterocycles. The van der Waals surface area contributed by atoms with Gasteiger partial charge in [0.1, 0.15) is 0 Å². The van der Waals surface area contributed by atoms with Crippen LogP contribution >= 0.6 is 0 Å². The lowest BCUT2D eigenvalue weighted by Gasteiger charge is -2.21. The lowest BCUT2D eigenvalue weighted by Crippen LogP contribution is -2.37. The number of rotatable bonds is 4. The molecule has 1 atom stereocenters. The Morgan fingerprint density at radius 3 is 2.25 bits per heavy atom. The fourth-order valence-corrected chi connectivity index (χ4v) is 1.36. The van der Waals surface area contributed by atoms with Crippen molar-refractivity contribution in [2.45, 2.75) is 39.7 Å². The third kappa shape index (κ3) is 3.60. The number of hydrogen-bond donors (Lipinski definition) is 1. The van der Waals surface area contributed by atoms with Gasteiger partial charge < -0.3 is 10.1 Å². The summed E-state index contributed by atoms with van der Waals surface area (Å²) < 4.78 is 4.51. The summed E-state index contributed by atoms with van der Waals surface area (Å²) in [5.74, 6) is 0.545. The van der Waals surface area contributed by atoms with E-state index in [1.165, 1.54) is 7.11 Å². The molecule has 1 amide bonds. The largest absolute Gasteiger partial charge is 0.453 e. The SMILES string of the molecule is CCC(CC)C(C)NC(=O)OC. The van der Waals surface area contributed by atoms with Crippen molar-refractivity contribution >= 4 is 6.09 Å². The number of methoxy groups -OCH3 is 1. The minimum atomic E-state index is -0.339. The molecular formula is C9H19NO2. The molecule has 0 bridgehead atoms. The first-order valence-corrected chi connectivity index (χ1v) is 4.50. The Morgan fingerprint density at radius 2 is 1.92 bits per heavy atom. The summed E-state index contributed by atoms with van der Waals surface area (Å²) in [4.78, 5) is 10.8. The highest BCUT2D eigenvalue weighted by molar-refractivity contribution is 5.67. The zero-order valence-corrected chi connectivity index (χ0v) is 8.39. The van der Waals surface area contributed by atoms with Crippen LogP contribution in [0.3, 0.4) is 0 Å². The number of carbonyl (C=O) groups is 1. The van der Waals surface area contributed by atoms with Crippen molar-refractivity contribution in [2.24, 2.45) is 5.92 Å². The topological polar surface area (TPSA) is 38.3 Å². The molecule has 0 aliphatic heterocycles. The van der Waals surface area contributed by atoms with E-state index in [2.05, 4.69) is 23.9 Å². The van der Waals surface area contributed by atoms with Crippen molar-refractivity contribution in [1.29, 1.82) is 0 Å². The zero-order chi connectivity index (χ0) is 9.56. The van der Waals surface area contributed by atoms with Crippen LogP contribution < -0.4 is 5.32 Å². The van der Waals surface area contributed by atoms with Gasteiger partial charge in [-0.15, -0.1) is 0 Å². The maximum atomic E-state index is 10.8. The van der Waals surface area contributed by atoms with Gasteiger partial charge in [-0.3, -0.25) is 0 Å². The van der Waals surface area contributed by atoms with E-state index in [9.17, 15) is 4.79 Å². The number of ether oxygens (including phenoxy) is 1. The first-order chi connectivity index (χ1) is 5.65. The van der Waals surface area contributed by atoms with Gasteiger partial charge in [0.2, 0.25) is 0 Å². The van der Waals surface area contributed by atoms with Crippen LogP contribution in [0, 0.1) is 5.92 Å². The molecule has 0 aromatic carbocycles. The number of amides is 1. The second-order valence-corrected chi connectivity index (χ2v) is 3.00. The van der Waals surface area contributed by atoms with Gasteiger partial charge in [0, 0.05) is 6.04 Å². The minimum absolute atomic E-state index is 0.201. The molecule has 0 spiro atoms. The minimum Gasteiger partial charge on any atom is -0.453 e. The monoisotopic (exact) mass is 173 g/mol. The van der Waals surface area contributed by atoms with E-state index in [1.54, 1.807) is 0 Å². The first-order valence-electron chi connectivity index (χ1n) is 4.50. The smallest absolute Gasteiger partial charge is 0.407 e. The maximum Gasteiger partial charge on any atom is 0.407 e. The van der Waals surface area contributed by atoms with Gasteiger partial charge in [-0.1, -0.05) is 26.7 Å². The fourth-order valence-electron chi connectivity index (χ4n) is 1.36. The molecule has 0 heterocycles. The molecule has 72 valence electrons. The summed E-state index contributed by atoms with van der Waals surface area (Å²) >= 11 is 0. The Balaban J connectivity index is 3.83. The predicted octanol–water partition coefficient (Wildman–Crippen LogP) is 2.17. The van der Waals surface area contributed by atoms with Crippen LogP contribution in [0.5, 0.6) is 0 Å². The van der Waals surface area contributed by atoms with Crippen LogP contribution in [-0.4, -0.2) is 19.2 Å². The van der Waals surface area contributed by atoms with Crippen LogP contribution in [0.2, 0.25) is 0 Å². The van der Waals surface area contributed by atoms with Crippen LogP contribution in [0.25, 0.3) is 0 Å². The summed E-state index contributed by atoms with van der Waals surface area (Å²) in [5, 5.41) is 2.77. The van der Waals surface area contributed by atoms with E-state index in [1.807, 2.05) is 6.92 Å². The quantitative estimate of drug-likeness (QED) is 0.707. The van der Waals surface area contributed by atoms with Gasteiger partial charge in [-0.2, -0.15) is 0 Å². The molecular weight excluding hydrogens is 154 g/mol. The van der Waals surface area contributed by atoms with Crippen LogP contribution in [0.15, 0.2) is 0 Å². The summed E-state index contributed by atoms with van der Waals surface area (Å²) in [7, 11) is 1.38. The highest BCUT2D eigenvalue weighted by Crippen LogP contribution is 2.12. The molecule has 1 N–H and O–H groups in total. The number of alkyl carbamates (subject to hydrolysis) is 1. The Hall–Kier alpha value is -0.730. The standard InChI is InChI=1S/C9H19NO2/c1-5-8(6-2)7(3)10-9(11)12-4/h7-8H,5-6H2,1-4H3,(H,10,11). The lowest BCUT2D eigenvalue weighted by molar-refractivity contribution is 0.162. The molecule has 0 aromatic rings. The summed E-state index contributed by atoms with van der Waals surface area (Å²) in [5.41, 5.74) is 0. The Morgan fingerprint density at radius 1 is 1.42 bits per heavy atom. The zero-order valence-electron chi connectivity index (χ0n) is 8.39.